The van der Waals surface area contributed by atoms with E-state index in [1.54, 1.807) is 12.1 Å². The predicted molar refractivity (Wildman–Crippen MR) is 190 cm³/mol. The molecule has 0 unspecified atom stereocenters. The first kappa shape index (κ1) is 14.7. The van der Waals surface area contributed by atoms with Gasteiger partial charge in [0.25, 0.3) is 0 Å². The van der Waals surface area contributed by atoms with Crippen LogP contribution in [0.5, 0.6) is 0 Å². The number of fused-ring (bicyclic) bond motifs is 5. The van der Waals surface area contributed by atoms with E-state index in [4.69, 9.17) is 15.4 Å². The predicted octanol–water partition coefficient (Wildman–Crippen LogP) is 12.6. The maximum atomic E-state index is 9.49. The van der Waals surface area contributed by atoms with Gasteiger partial charge in [0.2, 0.25) is 0 Å². The summed E-state index contributed by atoms with van der Waals surface area (Å²) in [5.41, 5.74) is 2.49. The average Bonchev–Trinajstić information content (AvgIpc) is 3.68. The van der Waals surface area contributed by atoms with Crippen LogP contribution in [0.4, 0.5) is 0 Å². The van der Waals surface area contributed by atoms with Crippen LogP contribution in [0.1, 0.15) is 20.6 Å². The summed E-state index contributed by atoms with van der Waals surface area (Å²) in [6, 6.07) is 15.3. The number of furan rings is 1. The van der Waals surface area contributed by atoms with E-state index in [0.29, 0.717) is 5.56 Å². The van der Waals surface area contributed by atoms with Gasteiger partial charge >= 0.3 is 0 Å². The third-order valence-electron chi connectivity index (χ3n) is 8.01. The fraction of sp³-hybridized carbons (Fsp3) is 0. The van der Waals surface area contributed by atoms with Crippen LogP contribution in [-0.2, 0) is 0 Å². The lowest BCUT2D eigenvalue weighted by molar-refractivity contribution is 0.669. The molecule has 0 aliphatic carbocycles. The Bertz CT molecular complexity index is 3280. The fourth-order valence-electron chi connectivity index (χ4n) is 6.01. The Morgan fingerprint density at radius 3 is 1.44 bits per heavy atom. The summed E-state index contributed by atoms with van der Waals surface area (Å²) in [6.07, 6.45) is 0. The molecule has 9 rings (SSSR count). The van der Waals surface area contributed by atoms with Crippen molar-refractivity contribution >= 4 is 43.5 Å². The topological polar surface area (TPSA) is 13.1 Å². The van der Waals surface area contributed by atoms with E-state index in [0.717, 1.165) is 22.3 Å². The molecule has 0 N–H and O–H groups in total. The number of para-hydroxylation sites is 1. The maximum absolute atomic E-state index is 9.49. The van der Waals surface area contributed by atoms with E-state index < -0.39 is 102 Å². The van der Waals surface area contributed by atoms with Crippen LogP contribution < -0.4 is 0 Å². The molecule has 0 aliphatic heterocycles. The Hall–Kier alpha value is -5.92. The molecular weight excluding hydrogens is 544 g/mol. The minimum absolute atomic E-state index is 0.0586. The van der Waals surface area contributed by atoms with Crippen LogP contribution in [0.3, 0.4) is 0 Å². The Morgan fingerprint density at radius 2 is 0.822 bits per heavy atom. The normalized spacial score (nSPS) is 16.2. The molecule has 0 radical (unpaired) electrons. The molecule has 1 aromatic heterocycles. The van der Waals surface area contributed by atoms with E-state index in [-0.39, 0.29) is 49.0 Å². The zero-order chi connectivity index (χ0) is 42.8. The third kappa shape index (κ3) is 4.17. The molecule has 0 saturated heterocycles. The molecule has 1 nitrogen and oxygen atoms in total. The zero-order valence-electron chi connectivity index (χ0n) is 38.4. The second-order valence-corrected chi connectivity index (χ2v) is 10.5. The van der Waals surface area contributed by atoms with Gasteiger partial charge in [-0.25, -0.2) is 0 Å². The van der Waals surface area contributed by atoms with Crippen molar-refractivity contribution in [3.63, 3.8) is 0 Å². The first-order chi connectivity index (χ1) is 28.6. The first-order valence-electron chi connectivity index (χ1n) is 21.7. The summed E-state index contributed by atoms with van der Waals surface area (Å²) in [7, 11) is 0. The molecule has 0 bridgehead atoms. The molecule has 0 atom stereocenters. The van der Waals surface area contributed by atoms with Crippen molar-refractivity contribution in [1.29, 1.82) is 0 Å². The van der Waals surface area contributed by atoms with E-state index in [2.05, 4.69) is 0 Å². The highest BCUT2D eigenvalue weighted by Gasteiger charge is 2.18. The summed E-state index contributed by atoms with van der Waals surface area (Å²) in [5.74, 6) is 0. The second kappa shape index (κ2) is 10.4. The molecule has 0 amide bonds. The van der Waals surface area contributed by atoms with Gasteiger partial charge in [0.1, 0.15) is 11.2 Å². The van der Waals surface area contributed by atoms with E-state index >= 15 is 0 Å². The standard InChI is InChI=1S/C44H28O/c1-2-12-29(13-3-1)33-14-4-5-15-34(33)30-22-24-31(25-23-30)43-37-17-6-8-19-39(37)44(40-20-9-7-18-38(40)43)32-26-27-36-35-16-10-11-21-41(35)45-42(36)28-32/h1-28H/i6D,7D,8D,9D,10D,11D,16D,17D,18D,19D,20D,21D,26D,27D,28D. The van der Waals surface area contributed by atoms with Crippen LogP contribution in [0.25, 0.3) is 88.0 Å². The highest BCUT2D eigenvalue weighted by atomic mass is 16.3. The molecular formula is C44H28O. The lowest BCUT2D eigenvalue weighted by Crippen LogP contribution is -1.91. The van der Waals surface area contributed by atoms with E-state index in [1.165, 1.54) is 0 Å². The lowest BCUT2D eigenvalue weighted by atomic mass is 9.85. The van der Waals surface area contributed by atoms with E-state index in [1.807, 2.05) is 66.7 Å². The molecule has 45 heavy (non-hydrogen) atoms. The highest BCUT2D eigenvalue weighted by molar-refractivity contribution is 6.22. The molecule has 1 heteroatoms. The van der Waals surface area contributed by atoms with Crippen molar-refractivity contribution in [3.8, 4) is 44.5 Å². The van der Waals surface area contributed by atoms with Crippen LogP contribution in [0.15, 0.2) is 174 Å². The van der Waals surface area contributed by atoms with Gasteiger partial charge in [0.15, 0.2) is 0 Å². The molecule has 210 valence electrons. The zero-order valence-corrected chi connectivity index (χ0v) is 23.4. The van der Waals surface area contributed by atoms with Crippen molar-refractivity contribution in [3.05, 3.63) is 169 Å². The number of rotatable bonds is 4. The Kier molecular flexibility index (Phi) is 3.39. The maximum Gasteiger partial charge on any atom is 0.136 e. The molecule has 8 aromatic carbocycles. The highest BCUT2D eigenvalue weighted by Crippen LogP contribution is 2.45. The van der Waals surface area contributed by atoms with Gasteiger partial charge in [0.05, 0.1) is 20.6 Å². The van der Waals surface area contributed by atoms with Crippen LogP contribution >= 0.6 is 0 Å². The summed E-state index contributed by atoms with van der Waals surface area (Å²) in [6.45, 7) is 0. The fourth-order valence-corrected chi connectivity index (χ4v) is 6.01. The van der Waals surface area contributed by atoms with Crippen LogP contribution in [0, 0.1) is 0 Å². The van der Waals surface area contributed by atoms with Crippen molar-refractivity contribution in [2.24, 2.45) is 0 Å². The smallest absolute Gasteiger partial charge is 0.136 e. The number of hydrogen-bond donors (Lipinski definition) is 0. The minimum atomic E-state index is -0.695. The van der Waals surface area contributed by atoms with Crippen molar-refractivity contribution < 1.29 is 25.0 Å². The van der Waals surface area contributed by atoms with Crippen molar-refractivity contribution in [2.45, 2.75) is 0 Å². The van der Waals surface area contributed by atoms with E-state index in [9.17, 15) is 9.60 Å². The second-order valence-electron chi connectivity index (χ2n) is 10.5. The van der Waals surface area contributed by atoms with Gasteiger partial charge in [-0.15, -0.1) is 0 Å². The number of benzene rings is 8. The van der Waals surface area contributed by atoms with Gasteiger partial charge in [-0.1, -0.05) is 151 Å². The largest absolute Gasteiger partial charge is 0.456 e. The Morgan fingerprint density at radius 1 is 0.356 bits per heavy atom. The molecule has 0 saturated carbocycles. The van der Waals surface area contributed by atoms with Gasteiger partial charge in [0, 0.05) is 10.8 Å². The summed E-state index contributed by atoms with van der Waals surface area (Å²) < 4.78 is 140. The molecule has 1 heterocycles. The number of hydrogen-bond acceptors (Lipinski definition) is 1. The van der Waals surface area contributed by atoms with Gasteiger partial charge < -0.3 is 4.42 Å². The average molecular weight is 588 g/mol. The van der Waals surface area contributed by atoms with Gasteiger partial charge in [-0.05, 0) is 84.2 Å². The Balaban J connectivity index is 1.45. The van der Waals surface area contributed by atoms with Crippen LogP contribution in [-0.4, -0.2) is 0 Å². The van der Waals surface area contributed by atoms with Crippen molar-refractivity contribution in [2.75, 3.05) is 0 Å². The lowest BCUT2D eigenvalue weighted by Gasteiger charge is -2.18. The quantitative estimate of drug-likeness (QED) is 0.187. The molecule has 0 fully saturated rings. The SMILES string of the molecule is [2H]c1c([2H])c([2H])c2c(oc3c([2H])c(-c4c5c([2H])c([2H])c([2H])c([2H])c5c(-c5ccc(-c6ccccc6-c6ccccc6)cc5)c5c([2H])c([2H])c([2H])c([2H])c45)c([2H])c([2H])c32)c1[2H]. The monoisotopic (exact) mass is 587 g/mol. The van der Waals surface area contributed by atoms with Crippen LogP contribution in [0.2, 0.25) is 0 Å². The van der Waals surface area contributed by atoms with Gasteiger partial charge in [-0.2, -0.15) is 0 Å². The molecule has 0 spiro atoms. The Labute approximate surface area is 282 Å². The molecule has 0 aliphatic rings. The summed E-state index contributed by atoms with van der Waals surface area (Å²) >= 11 is 0. The molecule has 9 aromatic rings. The first-order valence-corrected chi connectivity index (χ1v) is 14.2. The summed E-state index contributed by atoms with van der Waals surface area (Å²) in [5, 5.41) is -1.32. The van der Waals surface area contributed by atoms with Crippen molar-refractivity contribution in [1.82, 2.24) is 0 Å². The third-order valence-corrected chi connectivity index (χ3v) is 8.01. The minimum Gasteiger partial charge on any atom is -0.456 e. The van der Waals surface area contributed by atoms with Gasteiger partial charge in [-0.3, -0.25) is 0 Å². The summed E-state index contributed by atoms with van der Waals surface area (Å²) in [4.78, 5) is 0.